The highest BCUT2D eigenvalue weighted by Crippen LogP contribution is 2.35. The topological polar surface area (TPSA) is 81.5 Å². The smallest absolute Gasteiger partial charge is 0.416 e. The number of hydrogen-bond acceptors (Lipinski definition) is 4. The molecule has 0 aliphatic heterocycles. The van der Waals surface area contributed by atoms with Crippen molar-refractivity contribution in [1.82, 2.24) is 5.32 Å². The van der Waals surface area contributed by atoms with Crippen LogP contribution >= 0.6 is 0 Å². The van der Waals surface area contributed by atoms with Gasteiger partial charge in [0.15, 0.2) is 12.4 Å². The van der Waals surface area contributed by atoms with E-state index in [0.29, 0.717) is 12.1 Å². The van der Waals surface area contributed by atoms with Crippen LogP contribution in [0.3, 0.4) is 0 Å². The highest BCUT2D eigenvalue weighted by atomic mass is 19.4. The molecule has 0 aromatic heterocycles. The second-order valence-electron chi connectivity index (χ2n) is 4.99. The quantitative estimate of drug-likeness (QED) is 0.637. The second kappa shape index (κ2) is 7.65. The Morgan fingerprint density at radius 3 is 2.44 bits per heavy atom. The predicted octanol–water partition coefficient (Wildman–Crippen LogP) is 3.31. The van der Waals surface area contributed by atoms with Gasteiger partial charge in [-0.25, -0.2) is 0 Å². The Balaban J connectivity index is 1.99. The minimum absolute atomic E-state index is 0.234. The van der Waals surface area contributed by atoms with Crippen LogP contribution < -0.4 is 10.1 Å². The van der Waals surface area contributed by atoms with Crippen LogP contribution in [0.15, 0.2) is 48.5 Å². The van der Waals surface area contributed by atoms with E-state index in [9.17, 15) is 28.1 Å². The first-order valence-corrected chi connectivity index (χ1v) is 7.06. The summed E-state index contributed by atoms with van der Waals surface area (Å²) in [5.74, 6) is -0.967. The highest BCUT2D eigenvalue weighted by molar-refractivity contribution is 5.77. The molecule has 0 saturated heterocycles. The van der Waals surface area contributed by atoms with E-state index in [1.54, 1.807) is 24.3 Å². The normalized spacial score (nSPS) is 11.0. The number of amides is 1. The molecule has 2 aromatic carbocycles. The van der Waals surface area contributed by atoms with Crippen molar-refractivity contribution in [2.24, 2.45) is 0 Å². The van der Waals surface area contributed by atoms with Crippen LogP contribution in [0.5, 0.6) is 5.75 Å². The summed E-state index contributed by atoms with van der Waals surface area (Å²) in [6.07, 6.45) is -4.71. The van der Waals surface area contributed by atoms with Gasteiger partial charge in [0.05, 0.1) is 10.5 Å². The van der Waals surface area contributed by atoms with Crippen LogP contribution in [0, 0.1) is 10.1 Å². The molecule has 2 aromatic rings. The number of benzene rings is 2. The SMILES string of the molecule is O=C(COc1ccc(C(F)(F)F)cc1[N+](=O)[O-])NCc1ccccc1. The van der Waals surface area contributed by atoms with Crippen molar-refractivity contribution in [3.05, 3.63) is 69.8 Å². The molecule has 0 unspecified atom stereocenters. The fourth-order valence-electron chi connectivity index (χ4n) is 1.95. The number of nitro benzene ring substituents is 1. The fraction of sp³-hybridized carbons (Fsp3) is 0.188. The van der Waals surface area contributed by atoms with E-state index < -0.39 is 40.6 Å². The first kappa shape index (κ1) is 18.2. The number of nitrogens with one attached hydrogen (secondary N) is 1. The van der Waals surface area contributed by atoms with Gasteiger partial charge in [-0.1, -0.05) is 30.3 Å². The minimum atomic E-state index is -4.71. The molecule has 6 nitrogen and oxygen atoms in total. The third-order valence-electron chi connectivity index (χ3n) is 3.17. The molecule has 0 aliphatic rings. The van der Waals surface area contributed by atoms with Gasteiger partial charge in [0.25, 0.3) is 5.91 Å². The van der Waals surface area contributed by atoms with Gasteiger partial charge >= 0.3 is 11.9 Å². The number of carbonyl (C=O) groups is 1. The molecule has 0 saturated carbocycles. The zero-order valence-electron chi connectivity index (χ0n) is 12.7. The molecule has 0 aliphatic carbocycles. The lowest BCUT2D eigenvalue weighted by molar-refractivity contribution is -0.386. The molecular weight excluding hydrogens is 341 g/mol. The maximum absolute atomic E-state index is 12.6. The molecule has 2 rings (SSSR count). The molecule has 0 fully saturated rings. The summed E-state index contributed by atoms with van der Waals surface area (Å²) in [7, 11) is 0. The highest BCUT2D eigenvalue weighted by Gasteiger charge is 2.33. The average molecular weight is 354 g/mol. The van der Waals surface area contributed by atoms with E-state index in [1.807, 2.05) is 6.07 Å². The molecule has 1 N–H and O–H groups in total. The van der Waals surface area contributed by atoms with E-state index in [-0.39, 0.29) is 6.54 Å². The Hall–Kier alpha value is -3.10. The fourth-order valence-corrected chi connectivity index (χ4v) is 1.95. The summed E-state index contributed by atoms with van der Waals surface area (Å²) in [6.45, 7) is -0.322. The van der Waals surface area contributed by atoms with Gasteiger partial charge in [0.1, 0.15) is 0 Å². The summed E-state index contributed by atoms with van der Waals surface area (Å²) in [5.41, 5.74) is -1.18. The Labute approximate surface area is 140 Å². The van der Waals surface area contributed by atoms with Gasteiger partial charge in [0.2, 0.25) is 0 Å². The Bertz CT molecular complexity index is 764. The molecular formula is C16H13F3N2O4. The summed E-state index contributed by atoms with van der Waals surface area (Å²) >= 11 is 0. The number of alkyl halides is 3. The van der Waals surface area contributed by atoms with E-state index in [0.717, 1.165) is 11.6 Å². The third-order valence-corrected chi connectivity index (χ3v) is 3.17. The van der Waals surface area contributed by atoms with Gasteiger partial charge in [-0.05, 0) is 17.7 Å². The Morgan fingerprint density at radius 2 is 1.84 bits per heavy atom. The summed E-state index contributed by atoms with van der Waals surface area (Å²) < 4.78 is 42.8. The molecule has 0 bridgehead atoms. The Morgan fingerprint density at radius 1 is 1.16 bits per heavy atom. The summed E-state index contributed by atoms with van der Waals surface area (Å²) in [6, 6.07) is 10.8. The first-order chi connectivity index (χ1) is 11.8. The maximum Gasteiger partial charge on any atom is 0.416 e. The minimum Gasteiger partial charge on any atom is -0.477 e. The number of nitro groups is 1. The molecule has 1 amide bonds. The Kier molecular flexibility index (Phi) is 5.58. The van der Waals surface area contributed by atoms with Crippen molar-refractivity contribution in [1.29, 1.82) is 0 Å². The average Bonchev–Trinajstić information content (AvgIpc) is 2.58. The molecule has 132 valence electrons. The van der Waals surface area contributed by atoms with Crippen LogP contribution in [0.2, 0.25) is 0 Å². The zero-order chi connectivity index (χ0) is 18.4. The van der Waals surface area contributed by atoms with Gasteiger partial charge in [0, 0.05) is 12.6 Å². The second-order valence-corrected chi connectivity index (χ2v) is 4.99. The number of nitrogens with zero attached hydrogens (tertiary/aromatic N) is 1. The summed E-state index contributed by atoms with van der Waals surface area (Å²) in [5, 5.41) is 13.5. The van der Waals surface area contributed by atoms with Crippen LogP contribution in [0.25, 0.3) is 0 Å². The standard InChI is InChI=1S/C16H13F3N2O4/c17-16(18,19)12-6-7-14(13(8-12)21(23)24)25-10-15(22)20-9-11-4-2-1-3-5-11/h1-8H,9-10H2,(H,20,22). The van der Waals surface area contributed by atoms with Crippen LogP contribution in [-0.4, -0.2) is 17.4 Å². The molecule has 25 heavy (non-hydrogen) atoms. The zero-order valence-corrected chi connectivity index (χ0v) is 12.7. The van der Waals surface area contributed by atoms with Crippen molar-refractivity contribution in [2.75, 3.05) is 6.61 Å². The molecule has 0 radical (unpaired) electrons. The van der Waals surface area contributed by atoms with E-state index in [2.05, 4.69) is 5.32 Å². The van der Waals surface area contributed by atoms with E-state index in [4.69, 9.17) is 4.74 Å². The van der Waals surface area contributed by atoms with Crippen LogP contribution in [0.4, 0.5) is 18.9 Å². The number of carbonyl (C=O) groups excluding carboxylic acids is 1. The van der Waals surface area contributed by atoms with Crippen molar-refractivity contribution in [3.63, 3.8) is 0 Å². The lowest BCUT2D eigenvalue weighted by Gasteiger charge is -2.10. The maximum atomic E-state index is 12.6. The van der Waals surface area contributed by atoms with Crippen molar-refractivity contribution in [3.8, 4) is 5.75 Å². The largest absolute Gasteiger partial charge is 0.477 e. The van der Waals surface area contributed by atoms with Crippen LogP contribution in [0.1, 0.15) is 11.1 Å². The van der Waals surface area contributed by atoms with E-state index >= 15 is 0 Å². The van der Waals surface area contributed by atoms with Gasteiger partial charge < -0.3 is 10.1 Å². The van der Waals surface area contributed by atoms with Gasteiger partial charge in [-0.2, -0.15) is 13.2 Å². The van der Waals surface area contributed by atoms with Crippen LogP contribution in [-0.2, 0) is 17.5 Å². The summed E-state index contributed by atoms with van der Waals surface area (Å²) in [4.78, 5) is 21.6. The lowest BCUT2D eigenvalue weighted by Crippen LogP contribution is -2.28. The molecule has 0 atom stereocenters. The van der Waals surface area contributed by atoms with Crippen molar-refractivity contribution in [2.45, 2.75) is 12.7 Å². The number of halogens is 3. The lowest BCUT2D eigenvalue weighted by atomic mass is 10.2. The molecule has 0 heterocycles. The predicted molar refractivity (Wildman–Crippen MR) is 81.9 cm³/mol. The monoisotopic (exact) mass is 354 g/mol. The van der Waals surface area contributed by atoms with Gasteiger partial charge in [-0.3, -0.25) is 14.9 Å². The van der Waals surface area contributed by atoms with Gasteiger partial charge in [-0.15, -0.1) is 0 Å². The number of ether oxygens (including phenoxy) is 1. The van der Waals surface area contributed by atoms with Crippen molar-refractivity contribution < 1.29 is 27.6 Å². The van der Waals surface area contributed by atoms with E-state index in [1.165, 1.54) is 0 Å². The number of hydrogen-bond donors (Lipinski definition) is 1. The third kappa shape index (κ3) is 5.20. The van der Waals surface area contributed by atoms with Crippen molar-refractivity contribution >= 4 is 11.6 Å². The number of rotatable bonds is 6. The first-order valence-electron chi connectivity index (χ1n) is 7.06. The molecule has 0 spiro atoms. The molecule has 9 heteroatoms.